The molecule has 2 saturated carbocycles. The number of fused-ring (bicyclic) bond motifs is 3. The molecule has 2 aliphatic carbocycles. The average Bonchev–Trinajstić information content (AvgIpc) is 3.32. The number of carbonyl (C=O) groups is 2. The molecule has 0 radical (unpaired) electrons. The van der Waals surface area contributed by atoms with E-state index >= 15 is 0 Å². The molecule has 0 saturated heterocycles. The van der Waals surface area contributed by atoms with Gasteiger partial charge in [-0.25, -0.2) is 4.98 Å². The third-order valence-electron chi connectivity index (χ3n) is 6.22. The molecule has 7 nitrogen and oxygen atoms in total. The number of nitrogens with one attached hydrogen (secondary N) is 1. The maximum absolute atomic E-state index is 12.4. The number of amides is 1. The molecule has 1 aromatic carbocycles. The van der Waals surface area contributed by atoms with Crippen molar-refractivity contribution in [2.75, 3.05) is 6.61 Å². The van der Waals surface area contributed by atoms with E-state index < -0.39 is 5.97 Å². The zero-order chi connectivity index (χ0) is 19.7. The Labute approximate surface area is 163 Å². The van der Waals surface area contributed by atoms with Gasteiger partial charge in [-0.3, -0.25) is 19.0 Å². The summed E-state index contributed by atoms with van der Waals surface area (Å²) < 4.78 is 6.26. The molecule has 0 spiro atoms. The van der Waals surface area contributed by atoms with Crippen LogP contribution in [0.25, 0.3) is 10.9 Å². The summed E-state index contributed by atoms with van der Waals surface area (Å²) in [6.07, 6.45) is 6.38. The van der Waals surface area contributed by atoms with Crippen molar-refractivity contribution < 1.29 is 14.3 Å². The lowest BCUT2D eigenvalue weighted by molar-refractivity contribution is -0.149. The van der Waals surface area contributed by atoms with E-state index in [1.165, 1.54) is 36.6 Å². The Bertz CT molecular complexity index is 954. The summed E-state index contributed by atoms with van der Waals surface area (Å²) in [6.45, 7) is 1.43. The molecule has 1 amide bonds. The molecule has 1 aromatic heterocycles. The normalized spacial score (nSPS) is 24.2. The molecule has 1 heterocycles. The molecule has 2 aliphatic rings. The topological polar surface area (TPSA) is 90.3 Å². The van der Waals surface area contributed by atoms with E-state index in [2.05, 4.69) is 10.3 Å². The number of carbonyl (C=O) groups excluding carboxylic acids is 2. The fraction of sp³-hybridized carbons (Fsp3) is 0.524. The summed E-state index contributed by atoms with van der Waals surface area (Å²) in [5.41, 5.74) is 0.267. The third-order valence-corrected chi connectivity index (χ3v) is 6.22. The molecule has 148 valence electrons. The molecule has 1 N–H and O–H groups in total. The minimum atomic E-state index is -0.637. The van der Waals surface area contributed by atoms with Crippen molar-refractivity contribution in [2.45, 2.75) is 45.2 Å². The van der Waals surface area contributed by atoms with Gasteiger partial charge >= 0.3 is 5.97 Å². The van der Waals surface area contributed by atoms with Crippen LogP contribution in [-0.4, -0.2) is 34.1 Å². The summed E-state index contributed by atoms with van der Waals surface area (Å²) in [6, 6.07) is 7.03. The summed E-state index contributed by atoms with van der Waals surface area (Å²) in [4.78, 5) is 40.8. The van der Waals surface area contributed by atoms with Crippen LogP contribution in [0.1, 0.15) is 32.6 Å². The van der Waals surface area contributed by atoms with Gasteiger partial charge in [0, 0.05) is 6.04 Å². The summed E-state index contributed by atoms with van der Waals surface area (Å²) in [5.74, 6) is 1.13. The van der Waals surface area contributed by atoms with Gasteiger partial charge in [-0.1, -0.05) is 18.6 Å². The second-order valence-corrected chi connectivity index (χ2v) is 8.05. The Morgan fingerprint density at radius 2 is 2.11 bits per heavy atom. The first-order valence-corrected chi connectivity index (χ1v) is 9.90. The van der Waals surface area contributed by atoms with E-state index in [0.29, 0.717) is 16.8 Å². The van der Waals surface area contributed by atoms with Gasteiger partial charge in [-0.2, -0.15) is 0 Å². The number of aromatic nitrogens is 2. The Morgan fingerprint density at radius 1 is 1.29 bits per heavy atom. The molecule has 0 aliphatic heterocycles. The Kier molecular flexibility index (Phi) is 5.15. The number of rotatable bonds is 6. The SMILES string of the molecule is C[C@H](NC(=O)COC(=O)Cn1cnc2ccccc2c1=O)[C@H]1C[C@@H]2CC[C@H]1C2. The zero-order valence-electron chi connectivity index (χ0n) is 16.0. The maximum atomic E-state index is 12.4. The van der Waals surface area contributed by atoms with E-state index in [-0.39, 0.29) is 30.7 Å². The number of ether oxygens (including phenoxy) is 1. The highest BCUT2D eigenvalue weighted by molar-refractivity contribution is 5.81. The van der Waals surface area contributed by atoms with Crippen LogP contribution >= 0.6 is 0 Å². The Hall–Kier alpha value is -2.70. The van der Waals surface area contributed by atoms with Gasteiger partial charge in [0.2, 0.25) is 0 Å². The van der Waals surface area contributed by atoms with E-state index in [4.69, 9.17) is 4.74 Å². The number of esters is 1. The van der Waals surface area contributed by atoms with Gasteiger partial charge in [0.05, 0.1) is 17.2 Å². The van der Waals surface area contributed by atoms with Gasteiger partial charge < -0.3 is 10.1 Å². The predicted octanol–water partition coefficient (Wildman–Crippen LogP) is 1.88. The van der Waals surface area contributed by atoms with Crippen molar-refractivity contribution >= 4 is 22.8 Å². The second-order valence-electron chi connectivity index (χ2n) is 8.05. The van der Waals surface area contributed by atoms with Crippen molar-refractivity contribution in [3.05, 3.63) is 40.9 Å². The standard InChI is InChI=1S/C21H25N3O4/c1-13(17-9-14-6-7-15(17)8-14)23-19(25)11-28-20(26)10-24-12-22-18-5-3-2-4-16(18)21(24)27/h2-5,12-15,17H,6-11H2,1H3,(H,23,25)/t13-,14+,15-,17+/m0/s1. The summed E-state index contributed by atoms with van der Waals surface area (Å²) in [5, 5.41) is 3.40. The van der Waals surface area contributed by atoms with Crippen LogP contribution in [0.3, 0.4) is 0 Å². The average molecular weight is 383 g/mol. The number of hydrogen-bond donors (Lipinski definition) is 1. The second kappa shape index (κ2) is 7.73. The van der Waals surface area contributed by atoms with Crippen LogP contribution in [0.5, 0.6) is 0 Å². The fourth-order valence-corrected chi connectivity index (χ4v) is 4.86. The summed E-state index contributed by atoms with van der Waals surface area (Å²) >= 11 is 0. The lowest BCUT2D eigenvalue weighted by Gasteiger charge is -2.28. The van der Waals surface area contributed by atoms with Gasteiger partial charge in [-0.15, -0.1) is 0 Å². The molecule has 2 bridgehead atoms. The van der Waals surface area contributed by atoms with Crippen LogP contribution in [0, 0.1) is 17.8 Å². The fourth-order valence-electron chi connectivity index (χ4n) is 4.86. The van der Waals surface area contributed by atoms with E-state index in [0.717, 1.165) is 11.8 Å². The molecule has 4 rings (SSSR count). The monoisotopic (exact) mass is 383 g/mol. The van der Waals surface area contributed by atoms with Crippen LogP contribution in [0.2, 0.25) is 0 Å². The Balaban J connectivity index is 1.28. The highest BCUT2D eigenvalue weighted by Crippen LogP contribution is 2.49. The van der Waals surface area contributed by atoms with Crippen LogP contribution in [0.15, 0.2) is 35.4 Å². The van der Waals surface area contributed by atoms with Gasteiger partial charge in [0.15, 0.2) is 6.61 Å². The lowest BCUT2D eigenvalue weighted by atomic mass is 9.84. The van der Waals surface area contributed by atoms with Crippen molar-refractivity contribution in [1.29, 1.82) is 0 Å². The molecule has 28 heavy (non-hydrogen) atoms. The van der Waals surface area contributed by atoms with E-state index in [1.54, 1.807) is 24.3 Å². The number of hydrogen-bond acceptors (Lipinski definition) is 5. The molecule has 2 aromatic rings. The lowest BCUT2D eigenvalue weighted by Crippen LogP contribution is -2.42. The minimum absolute atomic E-state index is 0.0915. The quantitative estimate of drug-likeness (QED) is 0.769. The highest BCUT2D eigenvalue weighted by atomic mass is 16.5. The maximum Gasteiger partial charge on any atom is 0.326 e. The number of para-hydroxylation sites is 1. The van der Waals surface area contributed by atoms with Crippen molar-refractivity contribution in [3.63, 3.8) is 0 Å². The van der Waals surface area contributed by atoms with E-state index in [9.17, 15) is 14.4 Å². The van der Waals surface area contributed by atoms with Crippen LogP contribution in [0.4, 0.5) is 0 Å². The van der Waals surface area contributed by atoms with Crippen LogP contribution in [-0.2, 0) is 20.9 Å². The van der Waals surface area contributed by atoms with Gasteiger partial charge in [0.25, 0.3) is 11.5 Å². The molecular formula is C21H25N3O4. The zero-order valence-corrected chi connectivity index (χ0v) is 16.0. The van der Waals surface area contributed by atoms with Crippen molar-refractivity contribution in [3.8, 4) is 0 Å². The van der Waals surface area contributed by atoms with Crippen molar-refractivity contribution in [2.24, 2.45) is 17.8 Å². The smallest absolute Gasteiger partial charge is 0.326 e. The molecule has 2 fully saturated rings. The first-order valence-electron chi connectivity index (χ1n) is 9.90. The molecular weight excluding hydrogens is 358 g/mol. The van der Waals surface area contributed by atoms with Gasteiger partial charge in [-0.05, 0) is 56.1 Å². The predicted molar refractivity (Wildman–Crippen MR) is 104 cm³/mol. The molecule has 0 unspecified atom stereocenters. The Morgan fingerprint density at radius 3 is 2.86 bits per heavy atom. The number of benzene rings is 1. The molecule has 4 atom stereocenters. The first kappa shape index (κ1) is 18.7. The highest BCUT2D eigenvalue weighted by Gasteiger charge is 2.42. The van der Waals surface area contributed by atoms with Gasteiger partial charge in [0.1, 0.15) is 6.54 Å². The summed E-state index contributed by atoms with van der Waals surface area (Å²) in [7, 11) is 0. The van der Waals surface area contributed by atoms with Crippen molar-refractivity contribution in [1.82, 2.24) is 14.9 Å². The first-order chi connectivity index (χ1) is 13.5. The van der Waals surface area contributed by atoms with E-state index in [1.807, 2.05) is 6.92 Å². The third kappa shape index (κ3) is 3.79. The largest absolute Gasteiger partial charge is 0.454 e. The molecule has 7 heteroatoms. The number of nitrogens with zero attached hydrogens (tertiary/aromatic N) is 2. The minimum Gasteiger partial charge on any atom is -0.454 e. The van der Waals surface area contributed by atoms with Crippen LogP contribution < -0.4 is 10.9 Å².